The lowest BCUT2D eigenvalue weighted by Crippen LogP contribution is -1.99. The third-order valence-corrected chi connectivity index (χ3v) is 6.44. The van der Waals surface area contributed by atoms with Crippen LogP contribution in [0.1, 0.15) is 24.5 Å². The van der Waals surface area contributed by atoms with Crippen molar-refractivity contribution in [3.05, 3.63) is 96.1 Å². The number of hydrogen-bond acceptors (Lipinski definition) is 6. The van der Waals surface area contributed by atoms with E-state index in [2.05, 4.69) is 13.0 Å². The van der Waals surface area contributed by atoms with Crippen LogP contribution in [0.4, 0.5) is 5.88 Å². The summed E-state index contributed by atoms with van der Waals surface area (Å²) in [5, 5.41) is 12.4. The van der Waals surface area contributed by atoms with Gasteiger partial charge >= 0.3 is 0 Å². The van der Waals surface area contributed by atoms with Crippen LogP contribution in [-0.4, -0.2) is 27.0 Å². The van der Waals surface area contributed by atoms with Gasteiger partial charge in [-0.15, -0.1) is 0 Å². The minimum absolute atomic E-state index is 0.225. The third-order valence-electron chi connectivity index (χ3n) is 6.44. The highest BCUT2D eigenvalue weighted by Gasteiger charge is 2.23. The number of aliphatic imine (C=N–C) groups is 1. The van der Waals surface area contributed by atoms with Gasteiger partial charge in [-0.25, -0.2) is 4.99 Å². The molecule has 0 N–H and O–H groups in total. The van der Waals surface area contributed by atoms with Crippen LogP contribution in [0.3, 0.4) is 0 Å². The van der Waals surface area contributed by atoms with Gasteiger partial charge in [-0.2, -0.15) is 5.26 Å². The molecule has 0 fully saturated rings. The zero-order valence-electron chi connectivity index (χ0n) is 22.1. The Bertz CT molecular complexity index is 1660. The number of benzene rings is 4. The van der Waals surface area contributed by atoms with Crippen molar-refractivity contribution in [1.82, 2.24) is 0 Å². The van der Waals surface area contributed by atoms with Gasteiger partial charge in [0.15, 0.2) is 0 Å². The van der Waals surface area contributed by atoms with Gasteiger partial charge in [0.2, 0.25) is 5.88 Å². The Morgan fingerprint density at radius 1 is 0.846 bits per heavy atom. The summed E-state index contributed by atoms with van der Waals surface area (Å²) in [6.07, 6.45) is 2.61. The van der Waals surface area contributed by atoms with Gasteiger partial charge in [0, 0.05) is 22.9 Å². The van der Waals surface area contributed by atoms with E-state index in [1.165, 1.54) is 0 Å². The van der Waals surface area contributed by atoms with E-state index in [9.17, 15) is 5.26 Å². The van der Waals surface area contributed by atoms with E-state index in [1.54, 1.807) is 20.4 Å². The maximum atomic E-state index is 10.3. The molecule has 0 aliphatic carbocycles. The van der Waals surface area contributed by atoms with Crippen LogP contribution in [0.15, 0.2) is 94.3 Å². The van der Waals surface area contributed by atoms with Crippen molar-refractivity contribution in [2.24, 2.45) is 4.99 Å². The summed E-state index contributed by atoms with van der Waals surface area (Å²) < 4.78 is 23.0. The minimum atomic E-state index is 0.225. The second-order valence-electron chi connectivity index (χ2n) is 8.86. The molecule has 0 saturated heterocycles. The van der Waals surface area contributed by atoms with E-state index in [0.29, 0.717) is 23.5 Å². The Labute approximate surface area is 227 Å². The lowest BCUT2D eigenvalue weighted by molar-refractivity contribution is 0.317. The van der Waals surface area contributed by atoms with Gasteiger partial charge in [-0.05, 0) is 65.2 Å². The van der Waals surface area contributed by atoms with Crippen molar-refractivity contribution in [3.63, 3.8) is 0 Å². The van der Waals surface area contributed by atoms with Crippen LogP contribution in [0.2, 0.25) is 0 Å². The van der Waals surface area contributed by atoms with Crippen LogP contribution in [-0.2, 0) is 0 Å². The van der Waals surface area contributed by atoms with E-state index in [1.807, 2.05) is 84.9 Å². The van der Waals surface area contributed by atoms with Crippen LogP contribution in [0, 0.1) is 11.3 Å². The number of nitriles is 1. The molecule has 0 bridgehead atoms. The number of methoxy groups -OCH3 is 2. The topological polar surface area (TPSA) is 77.0 Å². The SMILES string of the molecule is CCCOc1ccc2ccccc2c1C=Nc1oc(-c2ccc(OC)cc2)c(-c2ccc(OC)cc2)c1C#N. The fourth-order valence-corrected chi connectivity index (χ4v) is 4.46. The fraction of sp³-hybridized carbons (Fsp3) is 0.152. The normalized spacial score (nSPS) is 11.0. The summed E-state index contributed by atoms with van der Waals surface area (Å²) in [5.74, 6) is 2.96. The quantitative estimate of drug-likeness (QED) is 0.185. The number of fused-ring (bicyclic) bond motifs is 1. The summed E-state index contributed by atoms with van der Waals surface area (Å²) >= 11 is 0. The van der Waals surface area contributed by atoms with Gasteiger partial charge in [0.1, 0.15) is 34.6 Å². The molecular formula is C33H28N2O4. The first-order valence-electron chi connectivity index (χ1n) is 12.7. The van der Waals surface area contributed by atoms with E-state index in [4.69, 9.17) is 23.6 Å². The average molecular weight is 517 g/mol. The standard InChI is InChI=1S/C33H28N2O4/c1-4-19-38-30-18-13-22-7-5-6-8-27(22)29(30)21-35-33-28(20-34)31(23-9-14-25(36-2)15-10-23)32(39-33)24-11-16-26(37-3)17-12-24/h5-18,21H,4,19H2,1-3H3. The Kier molecular flexibility index (Phi) is 7.60. The Hall–Kier alpha value is -5.02. The Morgan fingerprint density at radius 2 is 1.51 bits per heavy atom. The van der Waals surface area contributed by atoms with Gasteiger partial charge in [0.05, 0.1) is 20.8 Å². The van der Waals surface area contributed by atoms with Crippen molar-refractivity contribution in [2.45, 2.75) is 13.3 Å². The second kappa shape index (κ2) is 11.6. The summed E-state index contributed by atoms with van der Waals surface area (Å²) in [6.45, 7) is 2.66. The molecule has 6 nitrogen and oxygen atoms in total. The van der Waals surface area contributed by atoms with E-state index in [0.717, 1.165) is 51.1 Å². The van der Waals surface area contributed by atoms with Crippen LogP contribution in [0.5, 0.6) is 17.2 Å². The first-order valence-corrected chi connectivity index (χ1v) is 12.7. The highest BCUT2D eigenvalue weighted by molar-refractivity contribution is 6.03. The first-order chi connectivity index (χ1) is 19.2. The van der Waals surface area contributed by atoms with Gasteiger partial charge in [0.25, 0.3) is 0 Å². The molecule has 0 unspecified atom stereocenters. The highest BCUT2D eigenvalue weighted by Crippen LogP contribution is 2.43. The average Bonchev–Trinajstić information content (AvgIpc) is 3.37. The minimum Gasteiger partial charge on any atom is -0.497 e. The lowest BCUT2D eigenvalue weighted by Gasteiger charge is -2.10. The zero-order chi connectivity index (χ0) is 27.2. The molecule has 0 aliphatic rings. The van der Waals surface area contributed by atoms with Crippen molar-refractivity contribution >= 4 is 22.9 Å². The largest absolute Gasteiger partial charge is 0.497 e. The number of rotatable bonds is 9. The van der Waals surface area contributed by atoms with Crippen molar-refractivity contribution in [1.29, 1.82) is 5.26 Å². The maximum absolute atomic E-state index is 10.3. The number of nitrogens with zero attached hydrogens (tertiary/aromatic N) is 2. The van der Waals surface area contributed by atoms with E-state index < -0.39 is 0 Å². The number of furan rings is 1. The number of hydrogen-bond donors (Lipinski definition) is 0. The lowest BCUT2D eigenvalue weighted by atomic mass is 9.98. The van der Waals surface area contributed by atoms with Crippen LogP contribution < -0.4 is 14.2 Å². The monoisotopic (exact) mass is 516 g/mol. The molecule has 1 aromatic heterocycles. The Morgan fingerprint density at radius 3 is 2.15 bits per heavy atom. The molecule has 39 heavy (non-hydrogen) atoms. The molecule has 0 amide bonds. The molecule has 5 aromatic rings. The summed E-state index contributed by atoms with van der Waals surface area (Å²) in [7, 11) is 3.24. The number of ether oxygens (including phenoxy) is 3. The predicted molar refractivity (Wildman–Crippen MR) is 154 cm³/mol. The van der Waals surface area contributed by atoms with Crippen molar-refractivity contribution in [2.75, 3.05) is 20.8 Å². The molecule has 0 radical (unpaired) electrons. The molecule has 0 aliphatic heterocycles. The van der Waals surface area contributed by atoms with E-state index >= 15 is 0 Å². The van der Waals surface area contributed by atoms with Gasteiger partial charge < -0.3 is 18.6 Å². The maximum Gasteiger partial charge on any atom is 0.238 e. The van der Waals surface area contributed by atoms with Crippen molar-refractivity contribution in [3.8, 4) is 45.8 Å². The summed E-state index contributed by atoms with van der Waals surface area (Å²) in [6, 6.07) is 29.5. The molecular weight excluding hydrogens is 488 g/mol. The molecule has 0 saturated carbocycles. The second-order valence-corrected chi connectivity index (χ2v) is 8.86. The molecule has 194 valence electrons. The van der Waals surface area contributed by atoms with E-state index in [-0.39, 0.29) is 5.88 Å². The predicted octanol–water partition coefficient (Wildman–Crippen LogP) is 8.20. The zero-order valence-corrected chi connectivity index (χ0v) is 22.1. The molecule has 4 aromatic carbocycles. The third kappa shape index (κ3) is 5.21. The van der Waals surface area contributed by atoms with Crippen molar-refractivity contribution < 1.29 is 18.6 Å². The Balaban J connectivity index is 1.68. The van der Waals surface area contributed by atoms with Crippen LogP contribution >= 0.6 is 0 Å². The fourth-order valence-electron chi connectivity index (χ4n) is 4.46. The summed E-state index contributed by atoms with van der Waals surface area (Å²) in [5.41, 5.74) is 3.47. The molecule has 0 spiro atoms. The molecule has 0 atom stereocenters. The van der Waals surface area contributed by atoms with Crippen LogP contribution in [0.25, 0.3) is 33.2 Å². The van der Waals surface area contributed by atoms with Gasteiger partial charge in [-0.3, -0.25) is 0 Å². The molecule has 1 heterocycles. The molecule has 6 heteroatoms. The van der Waals surface area contributed by atoms with Gasteiger partial charge in [-0.1, -0.05) is 49.4 Å². The first kappa shape index (κ1) is 25.6. The smallest absolute Gasteiger partial charge is 0.238 e. The highest BCUT2D eigenvalue weighted by atomic mass is 16.5. The summed E-state index contributed by atoms with van der Waals surface area (Å²) in [4.78, 5) is 4.72. The molecule has 5 rings (SSSR count).